The number of aliphatic imine (C=N–C) groups is 1. The molecule has 0 unspecified atom stereocenters. The monoisotopic (exact) mass is 518 g/mol. The molecule has 1 aromatic heterocycles. The summed E-state index contributed by atoms with van der Waals surface area (Å²) in [7, 11) is 0. The van der Waals surface area contributed by atoms with Gasteiger partial charge in [0.15, 0.2) is 11.0 Å². The van der Waals surface area contributed by atoms with E-state index in [4.69, 9.17) is 21.3 Å². The second-order valence-electron chi connectivity index (χ2n) is 6.86. The van der Waals surface area contributed by atoms with Gasteiger partial charge in [-0.3, -0.25) is 14.4 Å². The topological polar surface area (TPSA) is 69.4 Å². The second kappa shape index (κ2) is 9.54. The van der Waals surface area contributed by atoms with Gasteiger partial charge in [-0.15, -0.1) is 10.2 Å². The highest BCUT2D eigenvalue weighted by molar-refractivity contribution is 9.10. The first kappa shape index (κ1) is 22.0. The lowest BCUT2D eigenvalue weighted by Crippen LogP contribution is -2.10. The number of ether oxygens (including phenoxy) is 1. The van der Waals surface area contributed by atoms with E-state index in [-0.39, 0.29) is 18.4 Å². The van der Waals surface area contributed by atoms with Crippen LogP contribution in [0.3, 0.4) is 0 Å². The number of carbonyl (C=O) groups excluding carboxylic acids is 1. The zero-order valence-electron chi connectivity index (χ0n) is 17.0. The smallest absolute Gasteiger partial charge is 0.305 e. The zero-order valence-corrected chi connectivity index (χ0v) is 20.2. The van der Waals surface area contributed by atoms with Crippen molar-refractivity contribution in [2.45, 2.75) is 31.0 Å². The van der Waals surface area contributed by atoms with E-state index in [1.807, 2.05) is 53.3 Å². The molecule has 0 saturated carbocycles. The molecule has 0 aliphatic carbocycles. The van der Waals surface area contributed by atoms with Crippen LogP contribution in [0, 0.1) is 0 Å². The highest BCUT2D eigenvalue weighted by Gasteiger charge is 2.30. The molecule has 9 heteroatoms. The predicted molar refractivity (Wildman–Crippen MR) is 127 cm³/mol. The summed E-state index contributed by atoms with van der Waals surface area (Å²) < 4.78 is 8.08. The third-order valence-corrected chi connectivity index (χ3v) is 6.39. The van der Waals surface area contributed by atoms with Crippen molar-refractivity contribution in [2.75, 3.05) is 12.9 Å². The van der Waals surface area contributed by atoms with Gasteiger partial charge in [-0.1, -0.05) is 57.5 Å². The van der Waals surface area contributed by atoms with Crippen molar-refractivity contribution in [1.29, 1.82) is 0 Å². The summed E-state index contributed by atoms with van der Waals surface area (Å²) >= 11 is 11.7. The number of benzene rings is 2. The van der Waals surface area contributed by atoms with Crippen LogP contribution < -0.4 is 0 Å². The number of thioether (sulfide) groups is 1. The molecule has 0 saturated heterocycles. The van der Waals surface area contributed by atoms with Gasteiger partial charge in [-0.2, -0.15) is 0 Å². The van der Waals surface area contributed by atoms with E-state index >= 15 is 0 Å². The Bertz CT molecular complexity index is 1160. The molecular weight excluding hydrogens is 500 g/mol. The Labute approximate surface area is 198 Å². The van der Waals surface area contributed by atoms with Gasteiger partial charge in [0, 0.05) is 27.0 Å². The van der Waals surface area contributed by atoms with E-state index in [1.165, 1.54) is 11.8 Å². The van der Waals surface area contributed by atoms with Crippen molar-refractivity contribution in [3.8, 4) is 5.69 Å². The Balaban J connectivity index is 1.92. The predicted octanol–water partition coefficient (Wildman–Crippen LogP) is 5.64. The Kier molecular flexibility index (Phi) is 6.79. The van der Waals surface area contributed by atoms with Crippen molar-refractivity contribution in [3.63, 3.8) is 0 Å². The maximum atomic E-state index is 12.1. The molecule has 0 fully saturated rings. The lowest BCUT2D eigenvalue weighted by Gasteiger charge is -2.14. The first-order chi connectivity index (χ1) is 15.0. The number of hydrogen-bond donors (Lipinski definition) is 0. The highest BCUT2D eigenvalue weighted by atomic mass is 79.9. The number of nitrogens with zero attached hydrogens (tertiary/aromatic N) is 4. The Hall–Kier alpha value is -2.16. The summed E-state index contributed by atoms with van der Waals surface area (Å²) in [6, 6.07) is 13.3. The molecule has 1 atom stereocenters. The standard InChI is InChI=1S/C22H20BrClN4O2S/c1-3-30-19(29)11-9-17-21-26-27-22(31-2)28(21)18-10-8-13(23)12-15(18)20(25-17)14-6-4-5-7-16(14)24/h4-8,10,12,17H,3,9,11H2,1-2H3/t17-/m0/s1. The fourth-order valence-electron chi connectivity index (χ4n) is 3.58. The van der Waals surface area contributed by atoms with Gasteiger partial charge in [-0.25, -0.2) is 0 Å². The van der Waals surface area contributed by atoms with Crippen molar-refractivity contribution >= 4 is 51.0 Å². The van der Waals surface area contributed by atoms with Crippen LogP contribution in [0.1, 0.15) is 42.8 Å². The summed E-state index contributed by atoms with van der Waals surface area (Å²) in [6.07, 6.45) is 2.65. The van der Waals surface area contributed by atoms with Crippen LogP contribution in [-0.4, -0.2) is 39.3 Å². The van der Waals surface area contributed by atoms with Gasteiger partial charge >= 0.3 is 5.97 Å². The van der Waals surface area contributed by atoms with Crippen LogP contribution in [0.5, 0.6) is 0 Å². The van der Waals surface area contributed by atoms with Gasteiger partial charge in [0.25, 0.3) is 0 Å². The van der Waals surface area contributed by atoms with Crippen molar-refractivity contribution in [3.05, 3.63) is 68.9 Å². The molecule has 0 bridgehead atoms. The van der Waals surface area contributed by atoms with Crippen LogP contribution >= 0.6 is 39.3 Å². The first-order valence-corrected chi connectivity index (χ1v) is 12.2. The molecule has 0 spiro atoms. The average Bonchev–Trinajstić information content (AvgIpc) is 3.13. The lowest BCUT2D eigenvalue weighted by atomic mass is 10.00. The first-order valence-electron chi connectivity index (χ1n) is 9.81. The average molecular weight is 520 g/mol. The molecule has 1 aliphatic heterocycles. The second-order valence-corrected chi connectivity index (χ2v) is 8.96. The van der Waals surface area contributed by atoms with Crippen LogP contribution in [0.25, 0.3) is 5.69 Å². The van der Waals surface area contributed by atoms with E-state index in [1.54, 1.807) is 6.92 Å². The molecule has 3 aromatic rings. The van der Waals surface area contributed by atoms with Crippen LogP contribution in [0.15, 0.2) is 57.1 Å². The molecule has 6 nitrogen and oxygen atoms in total. The maximum Gasteiger partial charge on any atom is 0.305 e. The summed E-state index contributed by atoms with van der Waals surface area (Å²) in [4.78, 5) is 17.1. The fraction of sp³-hybridized carbons (Fsp3) is 0.273. The quantitative estimate of drug-likeness (QED) is 0.311. The number of esters is 1. The van der Waals surface area contributed by atoms with E-state index in [9.17, 15) is 4.79 Å². The molecule has 1 aliphatic rings. The summed E-state index contributed by atoms with van der Waals surface area (Å²) in [5.41, 5.74) is 3.42. The third kappa shape index (κ3) is 4.42. The molecular formula is C22H20BrClN4O2S. The summed E-state index contributed by atoms with van der Waals surface area (Å²) in [5, 5.41) is 10.2. The summed E-state index contributed by atoms with van der Waals surface area (Å²) in [6.45, 7) is 2.15. The van der Waals surface area contributed by atoms with Crippen LogP contribution in [-0.2, 0) is 9.53 Å². The van der Waals surface area contributed by atoms with Gasteiger partial charge in [0.2, 0.25) is 0 Å². The third-order valence-electron chi connectivity index (χ3n) is 4.93. The molecule has 4 rings (SSSR count). The molecule has 2 aromatic carbocycles. The number of fused-ring (bicyclic) bond motifs is 3. The van der Waals surface area contributed by atoms with E-state index < -0.39 is 0 Å². The molecule has 160 valence electrons. The molecule has 0 radical (unpaired) electrons. The van der Waals surface area contributed by atoms with Gasteiger partial charge in [0.05, 0.1) is 18.0 Å². The number of halogens is 2. The van der Waals surface area contributed by atoms with E-state index in [2.05, 4.69) is 26.1 Å². The van der Waals surface area contributed by atoms with Crippen molar-refractivity contribution < 1.29 is 9.53 Å². The van der Waals surface area contributed by atoms with E-state index in [0.29, 0.717) is 23.9 Å². The fourth-order valence-corrected chi connectivity index (χ4v) is 4.66. The minimum absolute atomic E-state index is 0.235. The largest absolute Gasteiger partial charge is 0.466 e. The molecule has 0 amide bonds. The minimum atomic E-state index is -0.379. The zero-order chi connectivity index (χ0) is 22.0. The maximum absolute atomic E-state index is 12.1. The SMILES string of the molecule is CCOC(=O)CC[C@@H]1N=C(c2ccccc2Cl)c2cc(Br)ccc2-n2c(SC)nnc21. The minimum Gasteiger partial charge on any atom is -0.466 e. The van der Waals surface area contributed by atoms with Crippen molar-refractivity contribution in [1.82, 2.24) is 14.8 Å². The van der Waals surface area contributed by atoms with Crippen LogP contribution in [0.4, 0.5) is 0 Å². The normalized spacial score (nSPS) is 15.0. The number of aromatic nitrogens is 3. The number of carbonyl (C=O) groups is 1. The highest BCUT2D eigenvalue weighted by Crippen LogP contribution is 2.37. The Morgan fingerprint density at radius 2 is 2.03 bits per heavy atom. The van der Waals surface area contributed by atoms with Gasteiger partial charge in [0.1, 0.15) is 6.04 Å². The molecule has 31 heavy (non-hydrogen) atoms. The Morgan fingerprint density at radius 3 is 2.77 bits per heavy atom. The van der Waals surface area contributed by atoms with Gasteiger partial charge < -0.3 is 4.74 Å². The van der Waals surface area contributed by atoms with Crippen LogP contribution in [0.2, 0.25) is 5.02 Å². The molecule has 2 heterocycles. The van der Waals surface area contributed by atoms with E-state index in [0.717, 1.165) is 32.2 Å². The number of hydrogen-bond acceptors (Lipinski definition) is 6. The van der Waals surface area contributed by atoms with Crippen molar-refractivity contribution in [2.24, 2.45) is 4.99 Å². The lowest BCUT2D eigenvalue weighted by molar-refractivity contribution is -0.143. The number of rotatable bonds is 6. The molecule has 0 N–H and O–H groups in total. The van der Waals surface area contributed by atoms with Gasteiger partial charge in [-0.05, 0) is 43.9 Å². The Morgan fingerprint density at radius 1 is 1.23 bits per heavy atom. The summed E-state index contributed by atoms with van der Waals surface area (Å²) in [5.74, 6) is 0.442.